The molecule has 1 heterocycles. The minimum Gasteiger partial charge on any atom is -0.715 e. The number of hydroxylamine groups is 1. The van der Waals surface area contributed by atoms with Crippen LogP contribution < -0.4 is 0 Å². The lowest BCUT2D eigenvalue weighted by Crippen LogP contribution is -2.38. The van der Waals surface area contributed by atoms with Crippen molar-refractivity contribution in [1.82, 2.24) is 0 Å². The molecule has 5 nitrogen and oxygen atoms in total. The van der Waals surface area contributed by atoms with Crippen LogP contribution in [0.4, 0.5) is 0 Å². The fraction of sp³-hybridized carbons (Fsp3) is 0.571. The molecule has 0 atom stereocenters. The van der Waals surface area contributed by atoms with Crippen LogP contribution >= 0.6 is 0 Å². The van der Waals surface area contributed by atoms with Crippen molar-refractivity contribution in [3.05, 3.63) is 5.21 Å². The third-order valence-corrected chi connectivity index (χ3v) is 1.76. The van der Waals surface area contributed by atoms with Crippen LogP contribution in [0, 0.1) is 5.21 Å². The highest BCUT2D eigenvalue weighted by atomic mass is 16.6. The van der Waals surface area contributed by atoms with Crippen LogP contribution in [0.3, 0.4) is 0 Å². The second-order valence-corrected chi connectivity index (χ2v) is 2.93. The summed E-state index contributed by atoms with van der Waals surface area (Å²) in [6.07, 6.45) is 2.67. The zero-order valence-corrected chi connectivity index (χ0v) is 7.31. The number of oxime groups is 1. The average Bonchev–Trinajstić information content (AvgIpc) is 2.25. The number of hydrogen-bond donors (Lipinski definition) is 0. The second-order valence-electron chi connectivity index (χ2n) is 2.93. The van der Waals surface area contributed by atoms with Crippen molar-refractivity contribution in [1.29, 1.82) is 0 Å². The van der Waals surface area contributed by atoms with Gasteiger partial charge in [0.1, 0.15) is 13.3 Å². The van der Waals surface area contributed by atoms with Crippen molar-refractivity contribution in [2.45, 2.75) is 19.4 Å². The molecule has 0 saturated carbocycles. The van der Waals surface area contributed by atoms with Crippen LogP contribution in [0.2, 0.25) is 0 Å². The van der Waals surface area contributed by atoms with Gasteiger partial charge in [0.25, 0.3) is 6.34 Å². The minimum absolute atomic E-state index is 0.597. The Morgan fingerprint density at radius 3 is 2.83 bits per heavy atom. The van der Waals surface area contributed by atoms with Gasteiger partial charge in [0.05, 0.1) is 0 Å². The molecule has 0 unspecified atom stereocenters. The zero-order chi connectivity index (χ0) is 9.19. The summed E-state index contributed by atoms with van der Waals surface area (Å²) in [4.78, 5) is 8.37. The predicted molar refractivity (Wildman–Crippen MR) is 46.7 cm³/mol. The zero-order valence-electron chi connectivity index (χ0n) is 7.31. The van der Waals surface area contributed by atoms with Gasteiger partial charge in [-0.2, -0.15) is 0 Å². The van der Waals surface area contributed by atoms with Gasteiger partial charge in [-0.1, -0.05) is 5.16 Å². The van der Waals surface area contributed by atoms with Crippen LogP contribution in [-0.2, 0) is 4.84 Å². The van der Waals surface area contributed by atoms with Crippen LogP contribution in [-0.4, -0.2) is 35.7 Å². The summed E-state index contributed by atoms with van der Waals surface area (Å²) in [5.41, 5.74) is -0.0403. The Balaban J connectivity index is 2.79. The molecule has 1 aliphatic rings. The lowest BCUT2D eigenvalue weighted by Gasteiger charge is -2.20. The number of rotatable bonds is 2. The monoisotopic (exact) mass is 169 g/mol. The largest absolute Gasteiger partial charge is 0.715 e. The molecule has 12 heavy (non-hydrogen) atoms. The minimum atomic E-state index is -0.637. The number of nitrogens with zero attached hydrogens (tertiary/aromatic N) is 3. The van der Waals surface area contributed by atoms with E-state index in [2.05, 4.69) is 15.0 Å². The maximum Gasteiger partial charge on any atom is 0.285 e. The van der Waals surface area contributed by atoms with Gasteiger partial charge in [-0.3, -0.25) is 4.74 Å². The summed E-state index contributed by atoms with van der Waals surface area (Å²) in [6, 6.07) is 0. The molecule has 0 N–H and O–H groups in total. The molecule has 0 aliphatic carbocycles. The fourth-order valence-electron chi connectivity index (χ4n) is 0.824. The van der Waals surface area contributed by atoms with Crippen LogP contribution in [0.5, 0.6) is 0 Å². The highest BCUT2D eigenvalue weighted by Gasteiger charge is 2.36. The Morgan fingerprint density at radius 2 is 2.42 bits per heavy atom. The first-order chi connectivity index (χ1) is 5.59. The third kappa shape index (κ3) is 1.30. The van der Waals surface area contributed by atoms with Crippen molar-refractivity contribution in [2.75, 3.05) is 7.11 Å². The standard InChI is InChI=1S/C7H11N3O2/c1-7(2)6(4-9-12-3)8-5-10(7)11/h4-5H,1-3H3/b9-4+. The molecule has 5 heteroatoms. The van der Waals surface area contributed by atoms with Crippen molar-refractivity contribution < 1.29 is 9.58 Å². The summed E-state index contributed by atoms with van der Waals surface area (Å²) >= 11 is 0. The van der Waals surface area contributed by atoms with Gasteiger partial charge in [0.15, 0.2) is 5.54 Å². The average molecular weight is 169 g/mol. The van der Waals surface area contributed by atoms with Crippen molar-refractivity contribution in [2.24, 2.45) is 10.1 Å². The Morgan fingerprint density at radius 1 is 1.75 bits per heavy atom. The van der Waals surface area contributed by atoms with E-state index in [0.29, 0.717) is 5.71 Å². The Hall–Kier alpha value is -1.39. The van der Waals surface area contributed by atoms with Gasteiger partial charge < -0.3 is 10.0 Å². The lowest BCUT2D eigenvalue weighted by molar-refractivity contribution is -0.508. The molecule has 0 aromatic carbocycles. The number of aliphatic imine (C=N–C) groups is 1. The molecule has 0 aromatic heterocycles. The first-order valence-corrected chi connectivity index (χ1v) is 3.53. The molecule has 0 aromatic rings. The maximum atomic E-state index is 11.1. The van der Waals surface area contributed by atoms with Crippen molar-refractivity contribution in [3.8, 4) is 0 Å². The van der Waals surface area contributed by atoms with Crippen molar-refractivity contribution in [3.63, 3.8) is 0 Å². The van der Waals surface area contributed by atoms with E-state index in [1.807, 2.05) is 0 Å². The molecule has 0 fully saturated rings. The Bertz CT molecular complexity index is 266. The van der Waals surface area contributed by atoms with E-state index in [-0.39, 0.29) is 0 Å². The summed E-state index contributed by atoms with van der Waals surface area (Å²) < 4.78 is 0.782. The normalized spacial score (nSPS) is 20.9. The van der Waals surface area contributed by atoms with Gasteiger partial charge in [-0.25, -0.2) is 0 Å². The smallest absolute Gasteiger partial charge is 0.285 e. The van der Waals surface area contributed by atoms with E-state index in [1.165, 1.54) is 19.7 Å². The number of hydrogen-bond acceptors (Lipinski definition) is 4. The molecule has 0 spiro atoms. The van der Waals surface area contributed by atoms with E-state index >= 15 is 0 Å². The van der Waals surface area contributed by atoms with Crippen LogP contribution in [0.15, 0.2) is 10.1 Å². The fourth-order valence-corrected chi connectivity index (χ4v) is 0.824. The topological polar surface area (TPSA) is 60.0 Å². The quantitative estimate of drug-likeness (QED) is 0.260. The molecule has 1 rings (SSSR count). The molecule has 0 saturated heterocycles. The predicted octanol–water partition coefficient (Wildman–Crippen LogP) is 0.390. The molecule has 0 radical (unpaired) electrons. The SMILES string of the molecule is CO/N=C/C1=NC=[N+]([O-])C1(C)C. The molecular weight excluding hydrogens is 158 g/mol. The molecule has 66 valence electrons. The van der Waals surface area contributed by atoms with Gasteiger partial charge in [-0.05, 0) is 18.8 Å². The maximum absolute atomic E-state index is 11.1. The van der Waals surface area contributed by atoms with Gasteiger partial charge in [0, 0.05) is 0 Å². The van der Waals surface area contributed by atoms with E-state index < -0.39 is 5.54 Å². The highest BCUT2D eigenvalue weighted by Crippen LogP contribution is 2.13. The third-order valence-electron chi connectivity index (χ3n) is 1.76. The van der Waals surface area contributed by atoms with E-state index in [0.717, 1.165) is 4.74 Å². The highest BCUT2D eigenvalue weighted by molar-refractivity contribution is 6.35. The summed E-state index contributed by atoms with van der Waals surface area (Å²) in [7, 11) is 1.44. The summed E-state index contributed by atoms with van der Waals surface area (Å²) in [6.45, 7) is 3.54. The lowest BCUT2D eigenvalue weighted by atomic mass is 10.0. The molecular formula is C7H11N3O2. The van der Waals surface area contributed by atoms with Gasteiger partial charge in [0.2, 0.25) is 5.71 Å². The molecule has 0 bridgehead atoms. The van der Waals surface area contributed by atoms with Gasteiger partial charge >= 0.3 is 0 Å². The Labute approximate surface area is 70.6 Å². The van der Waals surface area contributed by atoms with E-state index in [1.54, 1.807) is 13.8 Å². The molecule has 0 amide bonds. The van der Waals surface area contributed by atoms with E-state index in [4.69, 9.17) is 0 Å². The Kier molecular flexibility index (Phi) is 2.12. The molecule has 1 aliphatic heterocycles. The van der Waals surface area contributed by atoms with Crippen LogP contribution in [0.1, 0.15) is 13.8 Å². The van der Waals surface area contributed by atoms with Gasteiger partial charge in [-0.15, -0.1) is 0 Å². The van der Waals surface area contributed by atoms with Crippen molar-refractivity contribution >= 4 is 18.3 Å². The van der Waals surface area contributed by atoms with E-state index in [9.17, 15) is 5.21 Å². The first kappa shape index (κ1) is 8.70. The van der Waals surface area contributed by atoms with Crippen LogP contribution in [0.25, 0.3) is 0 Å². The first-order valence-electron chi connectivity index (χ1n) is 3.53. The second kappa shape index (κ2) is 2.92. The summed E-state index contributed by atoms with van der Waals surface area (Å²) in [5, 5.41) is 14.7. The summed E-state index contributed by atoms with van der Waals surface area (Å²) in [5.74, 6) is 0.